The fourth-order valence-corrected chi connectivity index (χ4v) is 6.82. The zero-order chi connectivity index (χ0) is 23.4. The van der Waals surface area contributed by atoms with E-state index >= 15 is 0 Å². The van der Waals surface area contributed by atoms with Crippen molar-refractivity contribution in [2.24, 2.45) is 0 Å². The van der Waals surface area contributed by atoms with Gasteiger partial charge in [-0.2, -0.15) is 9.29 Å². The summed E-state index contributed by atoms with van der Waals surface area (Å²) >= 11 is 0. The molecule has 2 aromatic rings. The summed E-state index contributed by atoms with van der Waals surface area (Å²) in [6.07, 6.45) is 4.18. The molecule has 0 radical (unpaired) electrons. The predicted molar refractivity (Wildman–Crippen MR) is 127 cm³/mol. The Morgan fingerprint density at radius 3 is 2.56 bits per heavy atom. The largest absolute Gasteiger partial charge is 0.377 e. The van der Waals surface area contributed by atoms with Crippen molar-refractivity contribution in [1.82, 2.24) is 29.6 Å². The molecule has 13 heteroatoms. The Hall–Kier alpha value is -2.61. The van der Waals surface area contributed by atoms with E-state index in [0.29, 0.717) is 51.9 Å². The minimum Gasteiger partial charge on any atom is -0.377 e. The Morgan fingerprint density at radius 2 is 1.88 bits per heavy atom. The normalized spacial score (nSPS) is 24.1. The third kappa shape index (κ3) is 3.58. The Balaban J connectivity index is 1.33. The SMILES string of the molecule is C[C@H]1COCCN1c1nc(-c2cnc(N)nc2)c2c(n1)N(C1CN(S(=O)(=O)C3CNC3)C1)CC2. The molecule has 0 aromatic carbocycles. The molecule has 0 aliphatic carbocycles. The zero-order valence-corrected chi connectivity index (χ0v) is 19.9. The van der Waals surface area contributed by atoms with Crippen LogP contribution in [0.25, 0.3) is 11.3 Å². The first-order chi connectivity index (χ1) is 16.4. The van der Waals surface area contributed by atoms with Gasteiger partial charge in [-0.1, -0.05) is 0 Å². The summed E-state index contributed by atoms with van der Waals surface area (Å²) in [6.45, 7) is 6.90. The van der Waals surface area contributed by atoms with Gasteiger partial charge in [0.05, 0.1) is 31.0 Å². The van der Waals surface area contributed by atoms with Crippen molar-refractivity contribution in [1.29, 1.82) is 0 Å². The lowest BCUT2D eigenvalue weighted by molar-refractivity contribution is 0.0981. The van der Waals surface area contributed by atoms with E-state index < -0.39 is 10.0 Å². The average Bonchev–Trinajstić information content (AvgIpc) is 3.15. The Bertz CT molecular complexity index is 1180. The lowest BCUT2D eigenvalue weighted by Gasteiger charge is -2.46. The first-order valence-electron chi connectivity index (χ1n) is 11.7. The zero-order valence-electron chi connectivity index (χ0n) is 19.1. The van der Waals surface area contributed by atoms with Crippen molar-refractivity contribution in [2.75, 3.05) is 68.0 Å². The van der Waals surface area contributed by atoms with Gasteiger partial charge in [0.25, 0.3) is 0 Å². The van der Waals surface area contributed by atoms with Crippen LogP contribution in [0.15, 0.2) is 12.4 Å². The van der Waals surface area contributed by atoms with E-state index in [1.165, 1.54) is 0 Å². The lowest BCUT2D eigenvalue weighted by Crippen LogP contribution is -2.66. The molecule has 0 saturated carbocycles. The minimum absolute atomic E-state index is 0.101. The first kappa shape index (κ1) is 21.9. The quantitative estimate of drug-likeness (QED) is 0.541. The maximum Gasteiger partial charge on any atom is 0.228 e. The fraction of sp³-hybridized carbons (Fsp3) is 0.619. The summed E-state index contributed by atoms with van der Waals surface area (Å²) in [4.78, 5) is 22.7. The number of nitrogens with zero attached hydrogens (tertiary/aromatic N) is 7. The third-order valence-electron chi connectivity index (χ3n) is 7.21. The molecule has 6 heterocycles. The molecule has 2 aromatic heterocycles. The molecule has 12 nitrogen and oxygen atoms in total. The number of morpholine rings is 1. The molecule has 182 valence electrons. The number of ether oxygens (including phenoxy) is 1. The van der Waals surface area contributed by atoms with Gasteiger partial charge in [-0.15, -0.1) is 0 Å². The van der Waals surface area contributed by atoms with E-state index in [1.54, 1.807) is 16.7 Å². The highest BCUT2D eigenvalue weighted by molar-refractivity contribution is 7.89. The number of hydrogen-bond donors (Lipinski definition) is 2. The number of anilines is 3. The third-order valence-corrected chi connectivity index (χ3v) is 9.41. The summed E-state index contributed by atoms with van der Waals surface area (Å²) in [7, 11) is -3.23. The summed E-state index contributed by atoms with van der Waals surface area (Å²) in [5.74, 6) is 1.75. The van der Waals surface area contributed by atoms with E-state index in [0.717, 1.165) is 35.6 Å². The van der Waals surface area contributed by atoms with Crippen LogP contribution >= 0.6 is 0 Å². The van der Waals surface area contributed by atoms with Gasteiger partial charge in [-0.25, -0.2) is 23.4 Å². The number of nitrogens with one attached hydrogen (secondary N) is 1. The highest BCUT2D eigenvalue weighted by Crippen LogP contribution is 2.38. The standard InChI is InChI=1S/C21H29N9O3S/c1-13-12-33-5-4-29(13)21-26-18(14-6-24-20(22)25-7-14)17-2-3-30(19(17)27-21)15-10-28(11-15)34(31,32)16-8-23-9-16/h6-7,13,15-16,23H,2-5,8-12H2,1H3,(H2,22,24,25)/t13-/m0/s1. The van der Waals surface area contributed by atoms with E-state index in [2.05, 4.69) is 32.0 Å². The maximum atomic E-state index is 12.8. The van der Waals surface area contributed by atoms with Crippen LogP contribution in [0.3, 0.4) is 0 Å². The molecular formula is C21H29N9O3S. The van der Waals surface area contributed by atoms with E-state index in [4.69, 9.17) is 20.4 Å². The van der Waals surface area contributed by atoms with Crippen LogP contribution in [-0.4, -0.2) is 102 Å². The second-order valence-corrected chi connectivity index (χ2v) is 11.6. The highest BCUT2D eigenvalue weighted by atomic mass is 32.2. The van der Waals surface area contributed by atoms with Gasteiger partial charge in [0.1, 0.15) is 11.1 Å². The molecule has 3 fully saturated rings. The van der Waals surface area contributed by atoms with Gasteiger partial charge in [0.15, 0.2) is 0 Å². The Morgan fingerprint density at radius 1 is 1.12 bits per heavy atom. The van der Waals surface area contributed by atoms with E-state index in [1.807, 2.05) is 0 Å². The molecule has 3 N–H and O–H groups in total. The maximum absolute atomic E-state index is 12.8. The van der Waals surface area contributed by atoms with Gasteiger partial charge in [0, 0.05) is 62.8 Å². The van der Waals surface area contributed by atoms with Crippen molar-refractivity contribution >= 4 is 27.7 Å². The lowest BCUT2D eigenvalue weighted by atomic mass is 10.1. The van der Waals surface area contributed by atoms with Crippen molar-refractivity contribution in [3.8, 4) is 11.3 Å². The molecular weight excluding hydrogens is 458 g/mol. The van der Waals surface area contributed by atoms with Gasteiger partial charge >= 0.3 is 0 Å². The average molecular weight is 488 g/mol. The summed E-state index contributed by atoms with van der Waals surface area (Å²) in [6, 6.07) is 0.252. The molecule has 1 atom stereocenters. The predicted octanol–water partition coefficient (Wildman–Crippen LogP) is -0.911. The van der Waals surface area contributed by atoms with Crippen LogP contribution in [0.1, 0.15) is 12.5 Å². The summed E-state index contributed by atoms with van der Waals surface area (Å²) < 4.78 is 32.7. The molecule has 34 heavy (non-hydrogen) atoms. The topological polar surface area (TPSA) is 143 Å². The number of sulfonamides is 1. The van der Waals surface area contributed by atoms with Crippen LogP contribution in [0.5, 0.6) is 0 Å². The molecule has 3 saturated heterocycles. The van der Waals surface area contributed by atoms with Gasteiger partial charge in [0.2, 0.25) is 21.9 Å². The molecule has 6 rings (SSSR count). The number of aromatic nitrogens is 4. The van der Waals surface area contributed by atoms with Crippen molar-refractivity contribution in [3.63, 3.8) is 0 Å². The summed E-state index contributed by atoms with van der Waals surface area (Å²) in [5.41, 5.74) is 8.36. The number of nitrogens with two attached hydrogens (primary N) is 1. The monoisotopic (exact) mass is 487 g/mol. The number of nitrogen functional groups attached to an aromatic ring is 1. The van der Waals surface area contributed by atoms with Crippen molar-refractivity contribution in [2.45, 2.75) is 30.7 Å². The highest BCUT2D eigenvalue weighted by Gasteiger charge is 2.46. The van der Waals surface area contributed by atoms with Gasteiger partial charge in [-0.3, -0.25) is 0 Å². The second-order valence-electron chi connectivity index (χ2n) is 9.36. The molecule has 4 aliphatic rings. The van der Waals surface area contributed by atoms with Crippen molar-refractivity contribution < 1.29 is 13.2 Å². The van der Waals surface area contributed by atoms with Crippen molar-refractivity contribution in [3.05, 3.63) is 18.0 Å². The Kier molecular flexibility index (Phi) is 5.32. The van der Waals surface area contributed by atoms with Gasteiger partial charge < -0.3 is 25.6 Å². The number of fused-ring (bicyclic) bond motifs is 1. The van der Waals surface area contributed by atoms with Crippen LogP contribution in [0.4, 0.5) is 17.7 Å². The molecule has 4 aliphatic heterocycles. The minimum atomic E-state index is -3.23. The van der Waals surface area contributed by atoms with E-state index in [9.17, 15) is 8.42 Å². The van der Waals surface area contributed by atoms with Crippen LogP contribution in [0.2, 0.25) is 0 Å². The number of hydrogen-bond acceptors (Lipinski definition) is 11. The summed E-state index contributed by atoms with van der Waals surface area (Å²) in [5, 5.41) is 2.75. The van der Waals surface area contributed by atoms with Crippen LogP contribution in [-0.2, 0) is 21.2 Å². The molecule has 0 bridgehead atoms. The van der Waals surface area contributed by atoms with Crippen LogP contribution < -0.4 is 20.9 Å². The fourth-order valence-electron chi connectivity index (χ4n) is 4.98. The van der Waals surface area contributed by atoms with Crippen LogP contribution in [0, 0.1) is 0 Å². The Labute approximate surface area is 198 Å². The van der Waals surface area contributed by atoms with Gasteiger partial charge in [-0.05, 0) is 13.3 Å². The molecule has 0 amide bonds. The molecule has 0 spiro atoms. The van der Waals surface area contributed by atoms with E-state index in [-0.39, 0.29) is 23.3 Å². The second kappa shape index (κ2) is 8.26. The number of rotatable bonds is 5. The first-order valence-corrected chi connectivity index (χ1v) is 13.2. The molecule has 0 unspecified atom stereocenters. The smallest absolute Gasteiger partial charge is 0.228 e.